The summed E-state index contributed by atoms with van der Waals surface area (Å²) in [6.45, 7) is 17.9. The molecule has 2 aromatic heterocycles. The molecule has 4 rings (SSSR count). The minimum absolute atomic E-state index is 0.141. The van der Waals surface area contributed by atoms with Gasteiger partial charge in [-0.05, 0) is 32.4 Å². The maximum Gasteiger partial charge on any atom is 0.226 e. The monoisotopic (exact) mass is 501 g/mol. The number of aliphatic hydroxyl groups is 1. The number of hydrogen-bond acceptors (Lipinski definition) is 10. The highest BCUT2D eigenvalue weighted by atomic mass is 16.5. The molecule has 2 aliphatic rings. The van der Waals surface area contributed by atoms with Gasteiger partial charge in [-0.3, -0.25) is 4.68 Å². The highest BCUT2D eigenvalue weighted by Crippen LogP contribution is 2.21. The maximum atomic E-state index is 8.95. The molecule has 0 aliphatic carbocycles. The van der Waals surface area contributed by atoms with Crippen molar-refractivity contribution in [3.05, 3.63) is 31.1 Å². The number of ether oxygens (including phenoxy) is 1. The molecule has 0 spiro atoms. The van der Waals surface area contributed by atoms with Crippen molar-refractivity contribution in [2.24, 2.45) is 0 Å². The lowest BCUT2D eigenvalue weighted by atomic mass is 10.1. The SMILES string of the molecule is C=C.CC.OCCCn1cc(CNc2nc(NC3CCNCC3)cc(N3CCOCC3)n2)nn1.[B]C. The van der Waals surface area contributed by atoms with E-state index in [9.17, 15) is 0 Å². The summed E-state index contributed by atoms with van der Waals surface area (Å²) in [5.74, 6) is 2.31. The molecule has 36 heavy (non-hydrogen) atoms. The van der Waals surface area contributed by atoms with Gasteiger partial charge in [-0.15, -0.1) is 18.3 Å². The van der Waals surface area contributed by atoms with Crippen molar-refractivity contribution in [1.29, 1.82) is 0 Å². The first-order valence-corrected chi connectivity index (χ1v) is 12.8. The summed E-state index contributed by atoms with van der Waals surface area (Å²) >= 11 is 0. The Kier molecular flexibility index (Phi) is 17.0. The number of hydrogen-bond donors (Lipinski definition) is 4. The first-order valence-electron chi connectivity index (χ1n) is 12.8. The van der Waals surface area contributed by atoms with Crippen molar-refractivity contribution in [2.75, 3.05) is 61.5 Å². The summed E-state index contributed by atoms with van der Waals surface area (Å²) in [6.07, 6.45) is 4.70. The van der Waals surface area contributed by atoms with Crippen LogP contribution in [-0.4, -0.2) is 90.0 Å². The highest BCUT2D eigenvalue weighted by Gasteiger charge is 2.18. The third-order valence-corrected chi connectivity index (χ3v) is 5.30. The number of aryl methyl sites for hydroxylation is 1. The Morgan fingerprint density at radius 2 is 1.86 bits per heavy atom. The molecular formula is C24H44BN9O2. The van der Waals surface area contributed by atoms with Crippen LogP contribution in [0.1, 0.15) is 38.8 Å². The van der Waals surface area contributed by atoms with Crippen LogP contribution in [0.3, 0.4) is 0 Å². The van der Waals surface area contributed by atoms with Crippen molar-refractivity contribution in [2.45, 2.75) is 59.1 Å². The van der Waals surface area contributed by atoms with Gasteiger partial charge < -0.3 is 30.7 Å². The molecule has 2 aliphatic heterocycles. The molecule has 11 nitrogen and oxygen atoms in total. The van der Waals surface area contributed by atoms with E-state index in [2.05, 4.69) is 52.2 Å². The molecule has 0 saturated carbocycles. The summed E-state index contributed by atoms with van der Waals surface area (Å²) in [6, 6.07) is 2.45. The van der Waals surface area contributed by atoms with E-state index in [1.165, 1.54) is 6.82 Å². The zero-order valence-corrected chi connectivity index (χ0v) is 22.2. The van der Waals surface area contributed by atoms with E-state index in [0.29, 0.717) is 44.7 Å². The van der Waals surface area contributed by atoms with Gasteiger partial charge in [0, 0.05) is 38.3 Å². The van der Waals surface area contributed by atoms with E-state index in [-0.39, 0.29) is 6.61 Å². The summed E-state index contributed by atoms with van der Waals surface area (Å²) in [5, 5.41) is 27.5. The van der Waals surface area contributed by atoms with Crippen molar-refractivity contribution in [1.82, 2.24) is 30.3 Å². The minimum atomic E-state index is 0.141. The lowest BCUT2D eigenvalue weighted by Gasteiger charge is -2.29. The van der Waals surface area contributed by atoms with Gasteiger partial charge in [0.15, 0.2) is 0 Å². The van der Waals surface area contributed by atoms with E-state index in [1.54, 1.807) is 4.68 Å². The number of nitrogens with zero attached hydrogens (tertiary/aromatic N) is 6. The predicted molar refractivity (Wildman–Crippen MR) is 148 cm³/mol. The molecule has 0 aromatic carbocycles. The molecule has 4 N–H and O–H groups in total. The number of aromatic nitrogens is 5. The zero-order chi connectivity index (χ0) is 26.6. The van der Waals surface area contributed by atoms with Crippen molar-refractivity contribution < 1.29 is 9.84 Å². The second-order valence-corrected chi connectivity index (χ2v) is 7.61. The van der Waals surface area contributed by atoms with Crippen LogP contribution < -0.4 is 20.9 Å². The summed E-state index contributed by atoms with van der Waals surface area (Å²) in [4.78, 5) is 11.7. The van der Waals surface area contributed by atoms with E-state index < -0.39 is 0 Å². The largest absolute Gasteiger partial charge is 0.396 e. The smallest absolute Gasteiger partial charge is 0.226 e. The van der Waals surface area contributed by atoms with Gasteiger partial charge in [0.2, 0.25) is 5.95 Å². The number of piperidine rings is 1. The van der Waals surface area contributed by atoms with Crippen molar-refractivity contribution in [3.8, 4) is 0 Å². The molecule has 200 valence electrons. The molecule has 0 unspecified atom stereocenters. The van der Waals surface area contributed by atoms with Gasteiger partial charge in [-0.25, -0.2) is 0 Å². The van der Waals surface area contributed by atoms with Crippen LogP contribution in [-0.2, 0) is 17.8 Å². The fourth-order valence-corrected chi connectivity index (χ4v) is 3.65. The Morgan fingerprint density at radius 1 is 1.17 bits per heavy atom. The van der Waals surface area contributed by atoms with Crippen molar-refractivity contribution >= 4 is 25.4 Å². The molecule has 4 heterocycles. The molecule has 2 radical (unpaired) electrons. The van der Waals surface area contributed by atoms with Crippen LogP contribution in [0.5, 0.6) is 0 Å². The normalized spacial score (nSPS) is 15.3. The van der Waals surface area contributed by atoms with Gasteiger partial charge in [0.25, 0.3) is 0 Å². The van der Waals surface area contributed by atoms with Crippen LogP contribution in [0.4, 0.5) is 17.6 Å². The maximum absolute atomic E-state index is 8.95. The fraction of sp³-hybridized carbons (Fsp3) is 0.667. The molecular weight excluding hydrogens is 457 g/mol. The first kappa shape index (κ1) is 31.3. The lowest BCUT2D eigenvalue weighted by molar-refractivity contribution is 0.122. The minimum Gasteiger partial charge on any atom is -0.396 e. The van der Waals surface area contributed by atoms with Crippen LogP contribution in [0, 0.1) is 0 Å². The molecule has 2 fully saturated rings. The average molecular weight is 501 g/mol. The van der Waals surface area contributed by atoms with E-state index in [1.807, 2.05) is 26.1 Å². The average Bonchev–Trinajstić information content (AvgIpc) is 3.43. The summed E-state index contributed by atoms with van der Waals surface area (Å²) < 4.78 is 7.22. The van der Waals surface area contributed by atoms with Crippen LogP contribution >= 0.6 is 0 Å². The lowest BCUT2D eigenvalue weighted by Crippen LogP contribution is -2.37. The number of morpholine rings is 1. The van der Waals surface area contributed by atoms with Gasteiger partial charge in [0.05, 0.1) is 33.8 Å². The number of anilines is 3. The third kappa shape index (κ3) is 10.9. The Morgan fingerprint density at radius 3 is 2.53 bits per heavy atom. The number of rotatable bonds is 9. The van der Waals surface area contributed by atoms with Crippen molar-refractivity contribution in [3.63, 3.8) is 0 Å². The predicted octanol–water partition coefficient (Wildman–Crippen LogP) is 2.09. The zero-order valence-electron chi connectivity index (χ0n) is 22.2. The quantitative estimate of drug-likeness (QED) is 0.300. The van der Waals surface area contributed by atoms with Gasteiger partial charge in [-0.2, -0.15) is 9.97 Å². The number of nitrogens with one attached hydrogen (secondary N) is 3. The Labute approximate surface area is 217 Å². The Balaban J connectivity index is 0.00000101. The summed E-state index contributed by atoms with van der Waals surface area (Å²) in [5.41, 5.74) is 0.807. The molecule has 2 saturated heterocycles. The van der Waals surface area contributed by atoms with Gasteiger partial charge >= 0.3 is 0 Å². The fourth-order valence-electron chi connectivity index (χ4n) is 3.65. The number of aliphatic hydroxyl groups excluding tert-OH is 1. The first-order chi connectivity index (χ1) is 17.8. The van der Waals surface area contributed by atoms with E-state index >= 15 is 0 Å². The van der Waals surface area contributed by atoms with Gasteiger partial charge in [-0.1, -0.05) is 25.9 Å². The Hall–Kier alpha value is -2.70. The van der Waals surface area contributed by atoms with E-state index in [0.717, 1.165) is 56.4 Å². The van der Waals surface area contributed by atoms with Gasteiger partial charge in [0.1, 0.15) is 17.3 Å². The highest BCUT2D eigenvalue weighted by molar-refractivity contribution is 6.05. The molecule has 0 atom stereocenters. The molecule has 0 amide bonds. The summed E-state index contributed by atoms with van der Waals surface area (Å²) in [7, 11) is 4.50. The van der Waals surface area contributed by atoms with Crippen LogP contribution in [0.25, 0.3) is 0 Å². The Bertz CT molecular complexity index is 813. The van der Waals surface area contributed by atoms with Crippen LogP contribution in [0.2, 0.25) is 6.82 Å². The standard InChI is InChI=1S/C19H31N9O2.C2H6.C2H4.CH3B/c29-9-1-6-28-14-16(25-26-28)13-21-19-23-17(22-15-2-4-20-5-3-15)12-18(24-19)27-7-10-30-11-8-27;3*1-2/h12,14-15,20,29H,1-11,13H2,(H2,21,22,23,24);1-2H3;1-2H2;1H3. The second kappa shape index (κ2) is 19.5. The third-order valence-electron chi connectivity index (χ3n) is 5.30. The second-order valence-electron chi connectivity index (χ2n) is 7.61. The van der Waals surface area contributed by atoms with Crippen LogP contribution in [0.15, 0.2) is 25.4 Å². The topological polar surface area (TPSA) is 125 Å². The van der Waals surface area contributed by atoms with E-state index in [4.69, 9.17) is 19.8 Å². The molecule has 2 aromatic rings. The molecule has 12 heteroatoms. The molecule has 0 bridgehead atoms.